The van der Waals surface area contributed by atoms with E-state index in [1.54, 1.807) is 24.3 Å². The van der Waals surface area contributed by atoms with Gasteiger partial charge in [-0.1, -0.05) is 13.0 Å². The Morgan fingerprint density at radius 1 is 1.33 bits per heavy atom. The molecule has 0 spiro atoms. The second-order valence-electron chi connectivity index (χ2n) is 4.65. The quantitative estimate of drug-likeness (QED) is 0.779. The van der Waals surface area contributed by atoms with E-state index < -0.39 is 10.0 Å². The molecule has 1 N–H and O–H groups in total. The van der Waals surface area contributed by atoms with E-state index in [4.69, 9.17) is 4.74 Å². The first-order valence-electron chi connectivity index (χ1n) is 6.76. The zero-order valence-electron chi connectivity index (χ0n) is 12.6. The Morgan fingerprint density at radius 3 is 2.62 bits per heavy atom. The predicted molar refractivity (Wildman–Crippen MR) is 82.0 cm³/mol. The van der Waals surface area contributed by atoms with Crippen LogP contribution in [0.4, 0.5) is 0 Å². The monoisotopic (exact) mass is 314 g/mol. The first kappa shape index (κ1) is 17.5. The van der Waals surface area contributed by atoms with Crippen LogP contribution in [0.3, 0.4) is 0 Å². The number of hydrogen-bond acceptors (Lipinski definition) is 4. The highest BCUT2D eigenvalue weighted by Crippen LogP contribution is 2.12. The number of rotatable bonds is 8. The van der Waals surface area contributed by atoms with Crippen LogP contribution >= 0.6 is 0 Å². The summed E-state index contributed by atoms with van der Waals surface area (Å²) in [7, 11) is -1.70. The summed E-state index contributed by atoms with van der Waals surface area (Å²) in [5, 5.41) is 2.71. The van der Waals surface area contributed by atoms with Gasteiger partial charge in [-0.3, -0.25) is 4.79 Å². The SMILES string of the molecule is CCCN(CCNC(=O)c1cccc(OC)c1)S(C)(=O)=O. The number of sulfonamides is 1. The molecule has 118 valence electrons. The van der Waals surface area contributed by atoms with Gasteiger partial charge in [-0.2, -0.15) is 0 Å². The van der Waals surface area contributed by atoms with Gasteiger partial charge in [-0.05, 0) is 24.6 Å². The summed E-state index contributed by atoms with van der Waals surface area (Å²) < 4.78 is 29.5. The molecule has 1 aromatic carbocycles. The average Bonchev–Trinajstić information content (AvgIpc) is 2.45. The third-order valence-corrected chi connectivity index (χ3v) is 4.22. The smallest absolute Gasteiger partial charge is 0.251 e. The van der Waals surface area contributed by atoms with Crippen LogP contribution in [-0.2, 0) is 10.0 Å². The summed E-state index contributed by atoms with van der Waals surface area (Å²) in [4.78, 5) is 12.0. The van der Waals surface area contributed by atoms with Gasteiger partial charge in [0.1, 0.15) is 5.75 Å². The maximum Gasteiger partial charge on any atom is 0.251 e. The van der Waals surface area contributed by atoms with E-state index in [9.17, 15) is 13.2 Å². The summed E-state index contributed by atoms with van der Waals surface area (Å²) >= 11 is 0. The van der Waals surface area contributed by atoms with Gasteiger partial charge in [0.2, 0.25) is 10.0 Å². The molecule has 0 atom stereocenters. The fraction of sp³-hybridized carbons (Fsp3) is 0.500. The van der Waals surface area contributed by atoms with E-state index in [0.717, 1.165) is 6.42 Å². The Balaban J connectivity index is 2.56. The standard InChI is InChI=1S/C14H22N2O4S/c1-4-9-16(21(3,18)19)10-8-15-14(17)12-6-5-7-13(11-12)20-2/h5-7,11H,4,8-10H2,1-3H3,(H,15,17). The van der Waals surface area contributed by atoms with E-state index in [2.05, 4.69) is 5.32 Å². The van der Waals surface area contributed by atoms with Crippen molar-refractivity contribution in [3.05, 3.63) is 29.8 Å². The van der Waals surface area contributed by atoms with Gasteiger partial charge in [0.05, 0.1) is 13.4 Å². The molecule has 1 aromatic rings. The molecule has 1 amide bonds. The van der Waals surface area contributed by atoms with E-state index in [1.165, 1.54) is 17.7 Å². The highest BCUT2D eigenvalue weighted by molar-refractivity contribution is 7.88. The van der Waals surface area contributed by atoms with Crippen molar-refractivity contribution in [1.82, 2.24) is 9.62 Å². The number of benzene rings is 1. The van der Waals surface area contributed by atoms with Crippen molar-refractivity contribution in [2.24, 2.45) is 0 Å². The second-order valence-corrected chi connectivity index (χ2v) is 6.63. The lowest BCUT2D eigenvalue weighted by Gasteiger charge is -2.19. The number of ether oxygens (including phenoxy) is 1. The molecule has 0 bridgehead atoms. The van der Waals surface area contributed by atoms with Crippen molar-refractivity contribution in [3.63, 3.8) is 0 Å². The third-order valence-electron chi connectivity index (χ3n) is 2.92. The number of nitrogens with one attached hydrogen (secondary N) is 1. The highest BCUT2D eigenvalue weighted by atomic mass is 32.2. The van der Waals surface area contributed by atoms with Crippen LogP contribution < -0.4 is 10.1 Å². The lowest BCUT2D eigenvalue weighted by Crippen LogP contribution is -2.38. The first-order chi connectivity index (χ1) is 9.88. The van der Waals surface area contributed by atoms with Crippen molar-refractivity contribution in [1.29, 1.82) is 0 Å². The highest BCUT2D eigenvalue weighted by Gasteiger charge is 2.15. The van der Waals surface area contributed by atoms with Crippen LogP contribution in [0.25, 0.3) is 0 Å². The van der Waals surface area contributed by atoms with Gasteiger partial charge in [-0.15, -0.1) is 0 Å². The average molecular weight is 314 g/mol. The van der Waals surface area contributed by atoms with Crippen LogP contribution in [0.5, 0.6) is 5.75 Å². The van der Waals surface area contributed by atoms with Crippen molar-refractivity contribution in [2.45, 2.75) is 13.3 Å². The van der Waals surface area contributed by atoms with Gasteiger partial charge in [0, 0.05) is 25.2 Å². The molecule has 0 aliphatic rings. The molecule has 0 unspecified atom stereocenters. The Hall–Kier alpha value is -1.60. The molecule has 0 aliphatic carbocycles. The van der Waals surface area contributed by atoms with Gasteiger partial charge in [0.25, 0.3) is 5.91 Å². The molecule has 0 radical (unpaired) electrons. The molecule has 6 nitrogen and oxygen atoms in total. The van der Waals surface area contributed by atoms with Crippen molar-refractivity contribution in [3.8, 4) is 5.75 Å². The maximum atomic E-state index is 12.0. The topological polar surface area (TPSA) is 75.7 Å². The first-order valence-corrected chi connectivity index (χ1v) is 8.60. The summed E-state index contributed by atoms with van der Waals surface area (Å²) in [5.74, 6) is 0.352. The zero-order valence-corrected chi connectivity index (χ0v) is 13.4. The van der Waals surface area contributed by atoms with E-state index in [0.29, 0.717) is 17.9 Å². The Kier molecular flexibility index (Phi) is 6.64. The van der Waals surface area contributed by atoms with E-state index in [1.807, 2.05) is 6.92 Å². The number of methoxy groups -OCH3 is 1. The van der Waals surface area contributed by atoms with E-state index >= 15 is 0 Å². The Morgan fingerprint density at radius 2 is 2.05 bits per heavy atom. The Labute approximate surface area is 126 Å². The van der Waals surface area contributed by atoms with Gasteiger partial charge in [-0.25, -0.2) is 12.7 Å². The summed E-state index contributed by atoms with van der Waals surface area (Å²) in [5.41, 5.74) is 0.482. The molecule has 21 heavy (non-hydrogen) atoms. The Bertz CT molecular complexity index is 572. The number of carbonyl (C=O) groups is 1. The van der Waals surface area contributed by atoms with Gasteiger partial charge >= 0.3 is 0 Å². The molecular weight excluding hydrogens is 292 g/mol. The number of hydrogen-bond donors (Lipinski definition) is 1. The molecule has 7 heteroatoms. The molecule has 0 fully saturated rings. The third kappa shape index (κ3) is 5.73. The maximum absolute atomic E-state index is 12.0. The summed E-state index contributed by atoms with van der Waals surface area (Å²) in [6, 6.07) is 6.80. The molecule has 0 saturated heterocycles. The number of nitrogens with zero attached hydrogens (tertiary/aromatic N) is 1. The summed E-state index contributed by atoms with van der Waals surface area (Å²) in [6.45, 7) is 2.90. The van der Waals surface area contributed by atoms with Gasteiger partial charge < -0.3 is 10.1 Å². The largest absolute Gasteiger partial charge is 0.497 e. The fourth-order valence-electron chi connectivity index (χ4n) is 1.85. The van der Waals surface area contributed by atoms with Crippen LogP contribution in [-0.4, -0.2) is 51.6 Å². The zero-order chi connectivity index (χ0) is 15.9. The molecular formula is C14H22N2O4S. The summed E-state index contributed by atoms with van der Waals surface area (Å²) in [6.07, 6.45) is 1.91. The molecule has 0 heterocycles. The number of carbonyl (C=O) groups excluding carboxylic acids is 1. The van der Waals surface area contributed by atoms with Crippen LogP contribution in [0.1, 0.15) is 23.7 Å². The lowest BCUT2D eigenvalue weighted by molar-refractivity contribution is 0.0951. The van der Waals surface area contributed by atoms with Crippen molar-refractivity contribution in [2.75, 3.05) is 33.0 Å². The molecule has 0 saturated carbocycles. The lowest BCUT2D eigenvalue weighted by atomic mass is 10.2. The van der Waals surface area contributed by atoms with Crippen LogP contribution in [0.15, 0.2) is 24.3 Å². The van der Waals surface area contributed by atoms with Gasteiger partial charge in [0.15, 0.2) is 0 Å². The minimum atomic E-state index is -3.24. The molecule has 0 aromatic heterocycles. The minimum Gasteiger partial charge on any atom is -0.497 e. The van der Waals surface area contributed by atoms with Crippen LogP contribution in [0.2, 0.25) is 0 Å². The second kappa shape index (κ2) is 7.99. The van der Waals surface area contributed by atoms with Crippen molar-refractivity contribution >= 4 is 15.9 Å². The predicted octanol–water partition coefficient (Wildman–Crippen LogP) is 1.10. The minimum absolute atomic E-state index is 0.251. The number of amides is 1. The van der Waals surface area contributed by atoms with Crippen LogP contribution in [0, 0.1) is 0 Å². The normalized spacial score (nSPS) is 11.4. The fourth-order valence-corrected chi connectivity index (χ4v) is 2.79. The molecule has 1 rings (SSSR count). The molecule has 0 aliphatic heterocycles. The van der Waals surface area contributed by atoms with E-state index in [-0.39, 0.29) is 19.0 Å². The van der Waals surface area contributed by atoms with Crippen molar-refractivity contribution < 1.29 is 17.9 Å².